The van der Waals surface area contributed by atoms with Crippen molar-refractivity contribution in [2.24, 2.45) is 0 Å². The lowest BCUT2D eigenvalue weighted by atomic mass is 10.4. The summed E-state index contributed by atoms with van der Waals surface area (Å²) >= 11 is 0. The van der Waals surface area contributed by atoms with E-state index in [0.29, 0.717) is 0 Å². The summed E-state index contributed by atoms with van der Waals surface area (Å²) in [7, 11) is 0. The number of rotatable bonds is 7. The van der Waals surface area contributed by atoms with Gasteiger partial charge < -0.3 is 15.3 Å². The van der Waals surface area contributed by atoms with Gasteiger partial charge in [-0.2, -0.15) is 13.2 Å². The van der Waals surface area contributed by atoms with Crippen LogP contribution in [0.2, 0.25) is 0 Å². The summed E-state index contributed by atoms with van der Waals surface area (Å²) in [6.45, 7) is 0.856. The van der Waals surface area contributed by atoms with E-state index in [1.54, 1.807) is 0 Å². The highest BCUT2D eigenvalue weighted by atomic mass is 19.4. The number of carbonyl (C=O) groups is 2. The molecule has 0 aromatic carbocycles. The van der Waals surface area contributed by atoms with Crippen molar-refractivity contribution >= 4 is 11.9 Å². The number of hydrogen-bond donors (Lipinski definition) is 2. The molecule has 8 heteroatoms. The van der Waals surface area contributed by atoms with Crippen LogP contribution in [0.3, 0.4) is 0 Å². The van der Waals surface area contributed by atoms with Crippen LogP contribution >= 0.6 is 0 Å². The zero-order valence-corrected chi connectivity index (χ0v) is 8.96. The number of nitrogens with one attached hydrogen (secondary N) is 1. The smallest absolute Gasteiger partial charge is 0.401 e. The molecule has 0 atom stereocenters. The number of nitrogens with zero attached hydrogens (tertiary/aromatic N) is 1. The van der Waals surface area contributed by atoms with Crippen LogP contribution in [0.1, 0.15) is 0 Å². The van der Waals surface area contributed by atoms with Gasteiger partial charge in [0.1, 0.15) is 6.54 Å². The van der Waals surface area contributed by atoms with E-state index in [1.807, 2.05) is 5.32 Å². The average molecular weight is 254 g/mol. The lowest BCUT2D eigenvalue weighted by molar-refractivity contribution is -0.144. The molecule has 0 saturated heterocycles. The Hall–Kier alpha value is -1.57. The van der Waals surface area contributed by atoms with E-state index < -0.39 is 37.7 Å². The van der Waals surface area contributed by atoms with Crippen molar-refractivity contribution in [2.45, 2.75) is 6.18 Å². The Kier molecular flexibility index (Phi) is 6.26. The second-order valence-corrected chi connectivity index (χ2v) is 3.18. The summed E-state index contributed by atoms with van der Waals surface area (Å²) in [5.41, 5.74) is 0. The van der Waals surface area contributed by atoms with Gasteiger partial charge in [-0.1, -0.05) is 6.08 Å². The highest BCUT2D eigenvalue weighted by Crippen LogP contribution is 2.11. The van der Waals surface area contributed by atoms with Gasteiger partial charge in [-0.3, -0.25) is 9.59 Å². The number of amides is 1. The lowest BCUT2D eigenvalue weighted by Gasteiger charge is -2.19. The minimum absolute atomic E-state index is 0.0289. The van der Waals surface area contributed by atoms with Crippen molar-refractivity contribution in [2.75, 3.05) is 26.2 Å². The maximum Gasteiger partial charge on any atom is 0.401 e. The van der Waals surface area contributed by atoms with Gasteiger partial charge in [-0.25, -0.2) is 0 Å². The normalized spacial score (nSPS) is 11.0. The van der Waals surface area contributed by atoms with E-state index in [4.69, 9.17) is 5.11 Å². The molecule has 0 radical (unpaired) electrons. The number of aliphatic carboxylic acids is 1. The van der Waals surface area contributed by atoms with E-state index in [2.05, 4.69) is 6.58 Å². The maximum absolute atomic E-state index is 11.8. The van der Waals surface area contributed by atoms with Crippen molar-refractivity contribution in [1.82, 2.24) is 10.2 Å². The van der Waals surface area contributed by atoms with Crippen LogP contribution in [0.15, 0.2) is 12.7 Å². The van der Waals surface area contributed by atoms with Crippen molar-refractivity contribution < 1.29 is 27.9 Å². The summed E-state index contributed by atoms with van der Waals surface area (Å²) in [5.74, 6) is -1.97. The molecule has 0 aliphatic rings. The Labute approximate surface area is 95.9 Å². The number of halogens is 3. The molecule has 0 bridgehead atoms. The molecule has 0 spiro atoms. The van der Waals surface area contributed by atoms with Crippen LogP contribution in [-0.2, 0) is 9.59 Å². The first-order valence-electron chi connectivity index (χ1n) is 4.64. The van der Waals surface area contributed by atoms with E-state index >= 15 is 0 Å². The standard InChI is InChI=1S/C9H13F3N2O3/c1-2-3-14(5-8(16)17)7(15)4-13-6-9(10,11)12/h2,13H,1,3-6H2,(H,16,17). The lowest BCUT2D eigenvalue weighted by Crippen LogP contribution is -2.43. The zero-order chi connectivity index (χ0) is 13.5. The molecule has 0 aliphatic carbocycles. The SMILES string of the molecule is C=CCN(CC(=O)O)C(=O)CNCC(F)(F)F. The fourth-order valence-corrected chi connectivity index (χ4v) is 0.997. The van der Waals surface area contributed by atoms with Crippen molar-refractivity contribution in [3.63, 3.8) is 0 Å². The van der Waals surface area contributed by atoms with Crippen LogP contribution in [0.4, 0.5) is 13.2 Å². The molecule has 0 aromatic rings. The quantitative estimate of drug-likeness (QED) is 0.638. The third-order valence-corrected chi connectivity index (χ3v) is 1.63. The average Bonchev–Trinajstić information content (AvgIpc) is 2.14. The number of carboxylic acid groups (broad SMARTS) is 1. The van der Waals surface area contributed by atoms with Crippen molar-refractivity contribution in [1.29, 1.82) is 0 Å². The Morgan fingerprint density at radius 2 is 2.00 bits per heavy atom. The number of carbonyl (C=O) groups excluding carboxylic acids is 1. The van der Waals surface area contributed by atoms with Crippen molar-refractivity contribution in [3.8, 4) is 0 Å². The summed E-state index contributed by atoms with van der Waals surface area (Å²) < 4.78 is 35.3. The van der Waals surface area contributed by atoms with Crippen LogP contribution in [-0.4, -0.2) is 54.2 Å². The van der Waals surface area contributed by atoms with Crippen LogP contribution in [0.5, 0.6) is 0 Å². The van der Waals surface area contributed by atoms with E-state index in [9.17, 15) is 22.8 Å². The van der Waals surface area contributed by atoms with Gasteiger partial charge >= 0.3 is 12.1 Å². The van der Waals surface area contributed by atoms with Crippen LogP contribution in [0, 0.1) is 0 Å². The first-order chi connectivity index (χ1) is 7.76. The monoisotopic (exact) mass is 254 g/mol. The second-order valence-electron chi connectivity index (χ2n) is 3.18. The van der Waals surface area contributed by atoms with E-state index in [0.717, 1.165) is 4.90 Å². The first-order valence-corrected chi connectivity index (χ1v) is 4.64. The molecule has 0 saturated carbocycles. The second kappa shape index (κ2) is 6.89. The summed E-state index contributed by atoms with van der Waals surface area (Å²) in [6, 6.07) is 0. The molecule has 1 amide bonds. The maximum atomic E-state index is 11.8. The van der Waals surface area contributed by atoms with Gasteiger partial charge in [-0.05, 0) is 0 Å². The fourth-order valence-electron chi connectivity index (χ4n) is 0.997. The Morgan fingerprint density at radius 3 is 2.41 bits per heavy atom. The van der Waals surface area contributed by atoms with Crippen LogP contribution < -0.4 is 5.32 Å². The topological polar surface area (TPSA) is 69.6 Å². The number of carboxylic acids is 1. The molecule has 0 aliphatic heterocycles. The van der Waals surface area contributed by atoms with Crippen LogP contribution in [0.25, 0.3) is 0 Å². The largest absolute Gasteiger partial charge is 0.480 e. The molecular weight excluding hydrogens is 241 g/mol. The summed E-state index contributed by atoms with van der Waals surface area (Å²) in [6.07, 6.45) is -3.11. The Morgan fingerprint density at radius 1 is 1.41 bits per heavy atom. The Balaban J connectivity index is 4.14. The molecule has 0 unspecified atom stereocenters. The molecule has 0 aromatic heterocycles. The van der Waals surface area contributed by atoms with Gasteiger partial charge in [0.05, 0.1) is 13.1 Å². The fraction of sp³-hybridized carbons (Fsp3) is 0.556. The third-order valence-electron chi connectivity index (χ3n) is 1.63. The number of alkyl halides is 3. The molecule has 5 nitrogen and oxygen atoms in total. The van der Waals surface area contributed by atoms with Crippen molar-refractivity contribution in [3.05, 3.63) is 12.7 Å². The van der Waals surface area contributed by atoms with E-state index in [1.165, 1.54) is 6.08 Å². The van der Waals surface area contributed by atoms with Gasteiger partial charge in [0.25, 0.3) is 0 Å². The third kappa shape index (κ3) is 8.26. The molecule has 98 valence electrons. The summed E-state index contributed by atoms with van der Waals surface area (Å²) in [4.78, 5) is 22.6. The predicted molar refractivity (Wildman–Crippen MR) is 53.3 cm³/mol. The summed E-state index contributed by atoms with van der Waals surface area (Å²) in [5, 5.41) is 10.4. The molecule has 0 rings (SSSR count). The molecule has 0 fully saturated rings. The minimum Gasteiger partial charge on any atom is -0.480 e. The van der Waals surface area contributed by atoms with Gasteiger partial charge in [-0.15, -0.1) is 6.58 Å². The predicted octanol–water partition coefficient (Wildman–Crippen LogP) is 0.237. The van der Waals surface area contributed by atoms with Gasteiger partial charge in [0, 0.05) is 6.54 Å². The van der Waals surface area contributed by atoms with E-state index in [-0.39, 0.29) is 6.54 Å². The van der Waals surface area contributed by atoms with Gasteiger partial charge in [0.15, 0.2) is 0 Å². The first kappa shape index (κ1) is 15.4. The highest BCUT2D eigenvalue weighted by molar-refractivity contribution is 5.82. The molecule has 17 heavy (non-hydrogen) atoms. The molecule has 2 N–H and O–H groups in total. The van der Waals surface area contributed by atoms with Gasteiger partial charge in [0.2, 0.25) is 5.91 Å². The highest BCUT2D eigenvalue weighted by Gasteiger charge is 2.27. The molecule has 0 heterocycles. The molecular formula is C9H13F3N2O3. The number of hydrogen-bond acceptors (Lipinski definition) is 3. The Bertz CT molecular complexity index is 292. The zero-order valence-electron chi connectivity index (χ0n) is 8.96. The minimum atomic E-state index is -4.41.